The second-order valence-electron chi connectivity index (χ2n) is 7.57. The van der Waals surface area contributed by atoms with Crippen molar-refractivity contribution in [1.82, 2.24) is 4.98 Å². The lowest BCUT2D eigenvalue weighted by Gasteiger charge is -2.21. The molecule has 1 fully saturated rings. The molecule has 146 valence electrons. The summed E-state index contributed by atoms with van der Waals surface area (Å²) in [5.41, 5.74) is 4.49. The highest BCUT2D eigenvalue weighted by Crippen LogP contribution is 2.33. The van der Waals surface area contributed by atoms with Gasteiger partial charge in [0.2, 0.25) is 5.91 Å². The molecule has 1 atom stereocenters. The molecule has 4 rings (SSSR count). The van der Waals surface area contributed by atoms with Crippen LogP contribution in [0, 0.1) is 13.8 Å². The Morgan fingerprint density at radius 2 is 2.07 bits per heavy atom. The fraction of sp³-hybridized carbons (Fsp3) is 0.391. The van der Waals surface area contributed by atoms with Gasteiger partial charge in [0.05, 0.1) is 22.9 Å². The largest absolute Gasteiger partial charge is 0.378 e. The molecule has 1 amide bonds. The lowest BCUT2D eigenvalue weighted by molar-refractivity contribution is -0.119. The van der Waals surface area contributed by atoms with E-state index in [4.69, 9.17) is 9.72 Å². The van der Waals surface area contributed by atoms with Crippen LogP contribution in [0.1, 0.15) is 42.4 Å². The molecule has 1 aliphatic heterocycles. The van der Waals surface area contributed by atoms with Crippen LogP contribution >= 0.6 is 11.3 Å². The molecule has 3 aromatic rings. The van der Waals surface area contributed by atoms with E-state index in [9.17, 15) is 4.79 Å². The van der Waals surface area contributed by atoms with Crippen molar-refractivity contribution in [2.45, 2.75) is 52.2 Å². The van der Waals surface area contributed by atoms with Crippen LogP contribution in [-0.4, -0.2) is 23.6 Å². The predicted octanol–water partition coefficient (Wildman–Crippen LogP) is 5.41. The summed E-state index contributed by atoms with van der Waals surface area (Å²) in [6, 6.07) is 14.4. The number of nitrogens with zero attached hydrogens (tertiary/aromatic N) is 2. The number of ether oxygens (including phenoxy) is 1. The van der Waals surface area contributed by atoms with Crippen LogP contribution in [0.2, 0.25) is 0 Å². The SMILES string of the molecule is Cc1cc(C)c2sc(N(Cc3ccccc3)C(=O)CCC3CCCO3)nc2c1. The third-order valence-corrected chi connectivity index (χ3v) is 6.46. The molecule has 1 saturated heterocycles. The fourth-order valence-corrected chi connectivity index (χ4v) is 4.83. The van der Waals surface area contributed by atoms with Gasteiger partial charge in [-0.3, -0.25) is 9.69 Å². The smallest absolute Gasteiger partial charge is 0.229 e. The molecule has 4 nitrogen and oxygen atoms in total. The lowest BCUT2D eigenvalue weighted by atomic mass is 10.1. The maximum Gasteiger partial charge on any atom is 0.229 e. The predicted molar refractivity (Wildman–Crippen MR) is 115 cm³/mol. The number of hydrogen-bond donors (Lipinski definition) is 0. The molecule has 2 aromatic carbocycles. The number of fused-ring (bicyclic) bond motifs is 1. The van der Waals surface area contributed by atoms with Crippen LogP contribution in [0.4, 0.5) is 5.13 Å². The van der Waals surface area contributed by atoms with Crippen molar-refractivity contribution in [2.24, 2.45) is 0 Å². The monoisotopic (exact) mass is 394 g/mol. The second-order valence-corrected chi connectivity index (χ2v) is 8.54. The molecule has 1 unspecified atom stereocenters. The van der Waals surface area contributed by atoms with E-state index in [0.29, 0.717) is 13.0 Å². The van der Waals surface area contributed by atoms with E-state index in [1.165, 1.54) is 11.1 Å². The number of carbonyl (C=O) groups excluding carboxylic acids is 1. The Kier molecular flexibility index (Phi) is 5.74. The first-order valence-corrected chi connectivity index (χ1v) is 10.8. The Morgan fingerprint density at radius 3 is 2.82 bits per heavy atom. The Labute approximate surface area is 170 Å². The number of aromatic nitrogens is 1. The molecule has 0 radical (unpaired) electrons. The quantitative estimate of drug-likeness (QED) is 0.562. The normalized spacial score (nSPS) is 16.6. The number of aryl methyl sites for hydroxylation is 2. The summed E-state index contributed by atoms with van der Waals surface area (Å²) in [5.74, 6) is 0.118. The Balaban J connectivity index is 1.61. The minimum atomic E-state index is 0.118. The Hall–Kier alpha value is -2.24. The summed E-state index contributed by atoms with van der Waals surface area (Å²) in [5, 5.41) is 0.782. The molecule has 0 saturated carbocycles. The molecule has 1 aromatic heterocycles. The highest BCUT2D eigenvalue weighted by Gasteiger charge is 2.23. The summed E-state index contributed by atoms with van der Waals surface area (Å²) in [6.45, 7) is 5.56. The van der Waals surface area contributed by atoms with Crippen molar-refractivity contribution >= 4 is 32.6 Å². The van der Waals surface area contributed by atoms with Gasteiger partial charge >= 0.3 is 0 Å². The highest BCUT2D eigenvalue weighted by molar-refractivity contribution is 7.22. The van der Waals surface area contributed by atoms with Crippen molar-refractivity contribution < 1.29 is 9.53 Å². The van der Waals surface area contributed by atoms with Gasteiger partial charge in [-0.05, 0) is 55.9 Å². The molecule has 0 N–H and O–H groups in total. The van der Waals surface area contributed by atoms with Crippen molar-refractivity contribution in [3.8, 4) is 0 Å². The van der Waals surface area contributed by atoms with E-state index < -0.39 is 0 Å². The molecule has 0 bridgehead atoms. The number of thiazole rings is 1. The zero-order chi connectivity index (χ0) is 19.5. The standard InChI is InChI=1S/C23H26N2O2S/c1-16-13-17(2)22-20(14-16)24-23(28-22)25(15-18-7-4-3-5-8-18)21(26)11-10-19-9-6-12-27-19/h3-5,7-8,13-14,19H,6,9-12,15H2,1-2H3. The van der Waals surface area contributed by atoms with Gasteiger partial charge in [0, 0.05) is 13.0 Å². The van der Waals surface area contributed by atoms with Crippen LogP contribution in [-0.2, 0) is 16.1 Å². The summed E-state index contributed by atoms with van der Waals surface area (Å²) >= 11 is 1.61. The maximum absolute atomic E-state index is 13.2. The van der Waals surface area contributed by atoms with Crippen molar-refractivity contribution in [3.05, 3.63) is 59.2 Å². The third kappa shape index (κ3) is 4.26. The van der Waals surface area contributed by atoms with Gasteiger partial charge in [-0.1, -0.05) is 47.7 Å². The molecule has 28 heavy (non-hydrogen) atoms. The fourth-order valence-electron chi connectivity index (χ4n) is 3.80. The molecule has 0 aliphatic carbocycles. The van der Waals surface area contributed by atoms with Crippen molar-refractivity contribution in [3.63, 3.8) is 0 Å². The lowest BCUT2D eigenvalue weighted by Crippen LogP contribution is -2.30. The second kappa shape index (κ2) is 8.41. The van der Waals surface area contributed by atoms with Crippen LogP contribution in [0.25, 0.3) is 10.2 Å². The maximum atomic E-state index is 13.2. The van der Waals surface area contributed by atoms with Gasteiger partial charge in [-0.25, -0.2) is 4.98 Å². The number of amides is 1. The summed E-state index contributed by atoms with van der Waals surface area (Å²) in [4.78, 5) is 19.8. The van der Waals surface area contributed by atoms with Gasteiger partial charge < -0.3 is 4.74 Å². The number of rotatable bonds is 6. The van der Waals surface area contributed by atoms with E-state index in [1.54, 1.807) is 11.3 Å². The van der Waals surface area contributed by atoms with Crippen LogP contribution < -0.4 is 4.90 Å². The van der Waals surface area contributed by atoms with E-state index in [1.807, 2.05) is 23.1 Å². The number of benzene rings is 2. The molecule has 5 heteroatoms. The topological polar surface area (TPSA) is 42.4 Å². The summed E-state index contributed by atoms with van der Waals surface area (Å²) in [7, 11) is 0. The molecular formula is C23H26N2O2S. The van der Waals surface area contributed by atoms with Gasteiger partial charge in [0.15, 0.2) is 5.13 Å². The van der Waals surface area contributed by atoms with E-state index in [-0.39, 0.29) is 12.0 Å². The minimum Gasteiger partial charge on any atom is -0.378 e. The molecular weight excluding hydrogens is 368 g/mol. The van der Waals surface area contributed by atoms with Crippen LogP contribution in [0.3, 0.4) is 0 Å². The summed E-state index contributed by atoms with van der Waals surface area (Å²) < 4.78 is 6.86. The molecule has 0 spiro atoms. The Morgan fingerprint density at radius 1 is 1.25 bits per heavy atom. The van der Waals surface area contributed by atoms with E-state index in [0.717, 1.165) is 46.8 Å². The number of anilines is 1. The zero-order valence-electron chi connectivity index (χ0n) is 16.5. The van der Waals surface area contributed by atoms with Gasteiger partial charge in [-0.2, -0.15) is 0 Å². The van der Waals surface area contributed by atoms with Crippen molar-refractivity contribution in [2.75, 3.05) is 11.5 Å². The highest BCUT2D eigenvalue weighted by atomic mass is 32.1. The average Bonchev–Trinajstić information content (AvgIpc) is 3.34. The molecule has 1 aliphatic rings. The first kappa shape index (κ1) is 19.1. The minimum absolute atomic E-state index is 0.118. The van der Waals surface area contributed by atoms with Crippen molar-refractivity contribution in [1.29, 1.82) is 0 Å². The average molecular weight is 395 g/mol. The van der Waals surface area contributed by atoms with E-state index in [2.05, 4.69) is 38.1 Å². The summed E-state index contributed by atoms with van der Waals surface area (Å²) in [6.07, 6.45) is 3.66. The van der Waals surface area contributed by atoms with E-state index >= 15 is 0 Å². The third-order valence-electron chi connectivity index (χ3n) is 5.23. The van der Waals surface area contributed by atoms with Gasteiger partial charge in [0.1, 0.15) is 0 Å². The van der Waals surface area contributed by atoms with Crippen LogP contribution in [0.5, 0.6) is 0 Å². The first-order chi connectivity index (χ1) is 13.6. The van der Waals surface area contributed by atoms with Gasteiger partial charge in [-0.15, -0.1) is 0 Å². The number of hydrogen-bond acceptors (Lipinski definition) is 4. The Bertz CT molecular complexity index is 961. The van der Waals surface area contributed by atoms with Gasteiger partial charge in [0.25, 0.3) is 0 Å². The zero-order valence-corrected chi connectivity index (χ0v) is 17.3. The number of carbonyl (C=O) groups is 1. The van der Waals surface area contributed by atoms with Crippen LogP contribution in [0.15, 0.2) is 42.5 Å². The molecule has 2 heterocycles. The first-order valence-electron chi connectivity index (χ1n) is 9.94.